The molecular weight excluding hydrogens is 414 g/mol. The third-order valence-corrected chi connectivity index (χ3v) is 4.76. The number of aromatic nitrogens is 4. The summed E-state index contributed by atoms with van der Waals surface area (Å²) in [4.78, 5) is 8.67. The largest absolute Gasteiger partial charge is 0.339 e. The van der Waals surface area contributed by atoms with Gasteiger partial charge in [-0.1, -0.05) is 29.8 Å². The minimum Gasteiger partial charge on any atom is -0.339 e. The molecule has 4 rings (SSSR count). The smallest absolute Gasteiger partial charge is 0.232 e. The van der Waals surface area contributed by atoms with Crippen molar-refractivity contribution >= 4 is 56.9 Å². The molecule has 2 aromatic carbocycles. The van der Waals surface area contributed by atoms with Gasteiger partial charge in [-0.15, -0.1) is 0 Å². The maximum Gasteiger partial charge on any atom is 0.232 e. The van der Waals surface area contributed by atoms with E-state index in [2.05, 4.69) is 35.5 Å². The summed E-state index contributed by atoms with van der Waals surface area (Å²) in [5.74, 6) is 0.776. The fraction of sp³-hybridized carbons (Fsp3) is 0.0556. The number of anilines is 4. The summed E-state index contributed by atoms with van der Waals surface area (Å²) in [6.07, 6.45) is 3.24. The van der Waals surface area contributed by atoms with Gasteiger partial charge in [-0.3, -0.25) is 9.65 Å². The third kappa shape index (κ3) is 4.69. The van der Waals surface area contributed by atoms with Crippen molar-refractivity contribution in [3.05, 3.63) is 65.4 Å². The lowest BCUT2D eigenvalue weighted by atomic mass is 10.2. The van der Waals surface area contributed by atoms with E-state index in [0.717, 1.165) is 22.2 Å². The number of H-pyrrole nitrogens is 1. The van der Waals surface area contributed by atoms with E-state index in [-0.39, 0.29) is 6.54 Å². The summed E-state index contributed by atoms with van der Waals surface area (Å²) in [6, 6.07) is 13.1. The fourth-order valence-corrected chi connectivity index (χ4v) is 3.15. The predicted molar refractivity (Wildman–Crippen MR) is 114 cm³/mol. The molecule has 0 amide bonds. The number of hydrogen-bond donors (Lipinski definition) is 5. The second-order valence-corrected chi connectivity index (χ2v) is 7.23. The normalized spacial score (nSPS) is 12.1. The molecule has 0 fully saturated rings. The Balaban J connectivity index is 1.56. The molecular formula is C18H16ClN7O2S. The third-order valence-electron chi connectivity index (χ3n) is 4.10. The summed E-state index contributed by atoms with van der Waals surface area (Å²) in [7, 11) is 0. The first kappa shape index (κ1) is 19.3. The van der Waals surface area contributed by atoms with Crippen LogP contribution in [-0.4, -0.2) is 28.9 Å². The molecule has 148 valence electrons. The lowest BCUT2D eigenvalue weighted by molar-refractivity contribution is 0.549. The van der Waals surface area contributed by atoms with Crippen LogP contribution in [0.4, 0.5) is 23.1 Å². The summed E-state index contributed by atoms with van der Waals surface area (Å²) in [5, 5.41) is 14.5. The molecule has 0 spiro atoms. The number of benzene rings is 2. The summed E-state index contributed by atoms with van der Waals surface area (Å²) in [5.41, 5.74) is 3.23. The number of para-hydroxylation sites is 1. The molecule has 2 heterocycles. The van der Waals surface area contributed by atoms with Crippen molar-refractivity contribution in [2.24, 2.45) is 0 Å². The quantitative estimate of drug-likeness (QED) is 0.283. The van der Waals surface area contributed by atoms with E-state index in [1.54, 1.807) is 6.20 Å². The highest BCUT2D eigenvalue weighted by Gasteiger charge is 2.10. The second-order valence-electron chi connectivity index (χ2n) is 6.04. The Morgan fingerprint density at radius 3 is 2.86 bits per heavy atom. The molecule has 0 aliphatic rings. The van der Waals surface area contributed by atoms with E-state index < -0.39 is 11.3 Å². The average molecular weight is 430 g/mol. The Morgan fingerprint density at radius 2 is 2.00 bits per heavy atom. The Labute approximate surface area is 173 Å². The Bertz CT molecular complexity index is 1180. The average Bonchev–Trinajstić information content (AvgIpc) is 3.17. The van der Waals surface area contributed by atoms with E-state index in [0.29, 0.717) is 22.5 Å². The van der Waals surface area contributed by atoms with Gasteiger partial charge in [0.1, 0.15) is 5.02 Å². The maximum absolute atomic E-state index is 10.9. The number of hydrogen-bond acceptors (Lipinski definition) is 6. The van der Waals surface area contributed by atoms with Gasteiger partial charge in [0.25, 0.3) is 0 Å². The van der Waals surface area contributed by atoms with Crippen LogP contribution in [0.1, 0.15) is 5.56 Å². The first-order valence-electron chi connectivity index (χ1n) is 8.50. The van der Waals surface area contributed by atoms with Crippen LogP contribution in [-0.2, 0) is 17.8 Å². The lowest BCUT2D eigenvalue weighted by Crippen LogP contribution is -2.16. The van der Waals surface area contributed by atoms with Crippen molar-refractivity contribution in [2.75, 3.05) is 10.6 Å². The molecule has 29 heavy (non-hydrogen) atoms. The van der Waals surface area contributed by atoms with E-state index in [1.165, 1.54) is 6.20 Å². The molecule has 2 aromatic heterocycles. The van der Waals surface area contributed by atoms with E-state index >= 15 is 0 Å². The van der Waals surface area contributed by atoms with Crippen LogP contribution in [0.3, 0.4) is 0 Å². The zero-order chi connectivity index (χ0) is 20.2. The van der Waals surface area contributed by atoms with Gasteiger partial charge in [0.05, 0.1) is 17.9 Å². The fourth-order valence-electron chi connectivity index (χ4n) is 2.73. The van der Waals surface area contributed by atoms with Crippen LogP contribution in [0, 0.1) is 0 Å². The first-order chi connectivity index (χ1) is 14.1. The van der Waals surface area contributed by atoms with Crippen LogP contribution in [0.5, 0.6) is 0 Å². The van der Waals surface area contributed by atoms with Crippen LogP contribution in [0.15, 0.2) is 54.9 Å². The van der Waals surface area contributed by atoms with E-state index in [9.17, 15) is 4.21 Å². The minimum absolute atomic E-state index is 0.199. The minimum atomic E-state index is -2.10. The van der Waals surface area contributed by atoms with Crippen LogP contribution in [0.2, 0.25) is 5.02 Å². The summed E-state index contributed by atoms with van der Waals surface area (Å²) in [6.45, 7) is 0.199. The van der Waals surface area contributed by atoms with Crippen LogP contribution in [0.25, 0.3) is 10.9 Å². The molecule has 0 radical (unpaired) electrons. The number of rotatable bonds is 7. The van der Waals surface area contributed by atoms with Crippen molar-refractivity contribution in [3.8, 4) is 0 Å². The SMILES string of the molecule is O=S(O)NCc1ccccc1Nc1nc(Nc2ccc3[nH]ncc3c2)ncc1Cl. The molecule has 4 aromatic rings. The maximum atomic E-state index is 10.9. The molecule has 9 nitrogen and oxygen atoms in total. The highest BCUT2D eigenvalue weighted by Crippen LogP contribution is 2.27. The molecule has 0 aliphatic heterocycles. The van der Waals surface area contributed by atoms with Gasteiger partial charge < -0.3 is 10.6 Å². The summed E-state index contributed by atoms with van der Waals surface area (Å²) >= 11 is 4.16. The van der Waals surface area contributed by atoms with Gasteiger partial charge in [-0.25, -0.2) is 13.9 Å². The zero-order valence-electron chi connectivity index (χ0n) is 14.9. The molecule has 1 atom stereocenters. The monoisotopic (exact) mass is 429 g/mol. The van der Waals surface area contributed by atoms with Gasteiger partial charge in [0.15, 0.2) is 5.82 Å². The van der Waals surface area contributed by atoms with Gasteiger partial charge >= 0.3 is 0 Å². The number of halogens is 1. The van der Waals surface area contributed by atoms with Crippen molar-refractivity contribution in [1.82, 2.24) is 24.9 Å². The van der Waals surface area contributed by atoms with Gasteiger partial charge in [-0.2, -0.15) is 10.1 Å². The Hall–Kier alpha value is -3.05. The van der Waals surface area contributed by atoms with E-state index in [1.807, 2.05) is 42.5 Å². The first-order valence-corrected chi connectivity index (χ1v) is 9.99. The topological polar surface area (TPSA) is 128 Å². The highest BCUT2D eigenvalue weighted by atomic mass is 35.5. The number of nitrogens with zero attached hydrogens (tertiary/aromatic N) is 3. The molecule has 0 aliphatic carbocycles. The lowest BCUT2D eigenvalue weighted by Gasteiger charge is -2.13. The Morgan fingerprint density at radius 1 is 1.14 bits per heavy atom. The zero-order valence-corrected chi connectivity index (χ0v) is 16.5. The standard InChI is InChI=1S/C18H16ClN7O2S/c19-14-10-20-18(23-13-5-6-16-12(7-13)8-21-26-16)25-17(14)24-15-4-2-1-3-11(15)9-22-29(27)28/h1-8,10,22H,9H2,(H,21,26)(H,27,28)(H2,20,23,24,25). The van der Waals surface area contributed by atoms with Crippen molar-refractivity contribution < 1.29 is 8.76 Å². The number of fused-ring (bicyclic) bond motifs is 1. The molecule has 1 unspecified atom stereocenters. The molecule has 11 heteroatoms. The van der Waals surface area contributed by atoms with Gasteiger partial charge in [0, 0.05) is 23.3 Å². The van der Waals surface area contributed by atoms with Crippen LogP contribution >= 0.6 is 11.6 Å². The van der Waals surface area contributed by atoms with Crippen molar-refractivity contribution in [1.29, 1.82) is 0 Å². The Kier molecular flexibility index (Phi) is 5.67. The molecule has 5 N–H and O–H groups in total. The number of aromatic amines is 1. The van der Waals surface area contributed by atoms with Crippen molar-refractivity contribution in [3.63, 3.8) is 0 Å². The van der Waals surface area contributed by atoms with Crippen LogP contribution < -0.4 is 15.4 Å². The number of nitrogens with one attached hydrogen (secondary N) is 4. The summed E-state index contributed by atoms with van der Waals surface area (Å²) < 4.78 is 22.3. The molecule has 0 bridgehead atoms. The second kappa shape index (κ2) is 8.53. The van der Waals surface area contributed by atoms with Gasteiger partial charge in [0.2, 0.25) is 17.2 Å². The highest BCUT2D eigenvalue weighted by molar-refractivity contribution is 7.77. The molecule has 0 saturated heterocycles. The van der Waals surface area contributed by atoms with E-state index in [4.69, 9.17) is 16.2 Å². The van der Waals surface area contributed by atoms with Crippen molar-refractivity contribution in [2.45, 2.75) is 6.54 Å². The predicted octanol–water partition coefficient (Wildman–Crippen LogP) is 3.72. The van der Waals surface area contributed by atoms with Gasteiger partial charge in [-0.05, 0) is 29.8 Å². The molecule has 0 saturated carbocycles.